The minimum absolute atomic E-state index is 0.652. The topological polar surface area (TPSA) is 21.3 Å². The molecule has 0 amide bonds. The van der Waals surface area contributed by atoms with Gasteiger partial charge in [-0.3, -0.25) is 0 Å². The third kappa shape index (κ3) is 3.05. The van der Waals surface area contributed by atoms with E-state index in [1.54, 1.807) is 7.11 Å². The van der Waals surface area contributed by atoms with Crippen molar-refractivity contribution in [1.29, 1.82) is 0 Å². The number of ether oxygens (including phenoxy) is 1. The molecule has 1 N–H and O–H groups in total. The summed E-state index contributed by atoms with van der Waals surface area (Å²) in [6.45, 7) is 5.66. The third-order valence-electron chi connectivity index (χ3n) is 4.45. The molecule has 0 saturated heterocycles. The molecule has 2 rings (SSSR count). The van der Waals surface area contributed by atoms with E-state index in [0.717, 1.165) is 24.1 Å². The van der Waals surface area contributed by atoms with Gasteiger partial charge in [-0.1, -0.05) is 44.9 Å². The van der Waals surface area contributed by atoms with Gasteiger partial charge < -0.3 is 10.1 Å². The highest BCUT2D eigenvalue weighted by molar-refractivity contribution is 5.33. The van der Waals surface area contributed by atoms with Crippen LogP contribution in [0.2, 0.25) is 0 Å². The van der Waals surface area contributed by atoms with Gasteiger partial charge in [-0.05, 0) is 24.3 Å². The monoisotopic (exact) mass is 247 g/mol. The highest BCUT2D eigenvalue weighted by atomic mass is 16.5. The van der Waals surface area contributed by atoms with Gasteiger partial charge in [-0.2, -0.15) is 0 Å². The third-order valence-corrected chi connectivity index (χ3v) is 4.45. The number of benzene rings is 1. The number of hydrogen-bond acceptors (Lipinski definition) is 2. The zero-order valence-corrected chi connectivity index (χ0v) is 11.8. The summed E-state index contributed by atoms with van der Waals surface area (Å²) in [6, 6.07) is 8.92. The van der Waals surface area contributed by atoms with Crippen LogP contribution in [0.1, 0.15) is 38.7 Å². The molecule has 1 aliphatic rings. The molecule has 1 aliphatic carbocycles. The highest BCUT2D eigenvalue weighted by Gasteiger charge is 2.26. The van der Waals surface area contributed by atoms with Crippen LogP contribution in [0.4, 0.5) is 0 Å². The highest BCUT2D eigenvalue weighted by Crippen LogP contribution is 2.30. The lowest BCUT2D eigenvalue weighted by molar-refractivity contribution is 0.205. The summed E-state index contributed by atoms with van der Waals surface area (Å²) in [6.07, 6.45) is 4.05. The second-order valence-corrected chi connectivity index (χ2v) is 5.57. The molecule has 2 heteroatoms. The minimum atomic E-state index is 0.652. The van der Waals surface area contributed by atoms with Gasteiger partial charge >= 0.3 is 0 Å². The fourth-order valence-corrected chi connectivity index (χ4v) is 2.96. The molecule has 1 aromatic carbocycles. The number of methoxy groups -OCH3 is 1. The van der Waals surface area contributed by atoms with Gasteiger partial charge in [-0.15, -0.1) is 0 Å². The summed E-state index contributed by atoms with van der Waals surface area (Å²) in [5.41, 5.74) is 1.26. The Morgan fingerprint density at radius 1 is 1.22 bits per heavy atom. The van der Waals surface area contributed by atoms with Crippen LogP contribution < -0.4 is 10.1 Å². The van der Waals surface area contributed by atoms with Gasteiger partial charge in [0, 0.05) is 18.2 Å². The first-order chi connectivity index (χ1) is 8.72. The minimum Gasteiger partial charge on any atom is -0.496 e. The molecule has 3 atom stereocenters. The Balaban J connectivity index is 1.94. The van der Waals surface area contributed by atoms with Gasteiger partial charge in [0.05, 0.1) is 7.11 Å². The van der Waals surface area contributed by atoms with Gasteiger partial charge in [0.1, 0.15) is 5.75 Å². The number of rotatable bonds is 4. The molecule has 100 valence electrons. The summed E-state index contributed by atoms with van der Waals surface area (Å²) in [4.78, 5) is 0. The van der Waals surface area contributed by atoms with Crippen molar-refractivity contribution in [2.24, 2.45) is 11.8 Å². The van der Waals surface area contributed by atoms with Gasteiger partial charge in [0.25, 0.3) is 0 Å². The maximum absolute atomic E-state index is 5.39. The quantitative estimate of drug-likeness (QED) is 0.877. The lowest BCUT2D eigenvalue weighted by Gasteiger charge is -2.35. The van der Waals surface area contributed by atoms with E-state index in [1.807, 2.05) is 12.1 Å². The van der Waals surface area contributed by atoms with Crippen LogP contribution in [0.15, 0.2) is 24.3 Å². The largest absolute Gasteiger partial charge is 0.496 e. The number of nitrogens with one attached hydrogen (secondary N) is 1. The molecule has 0 radical (unpaired) electrons. The van der Waals surface area contributed by atoms with Crippen molar-refractivity contribution in [3.05, 3.63) is 29.8 Å². The molecule has 1 saturated carbocycles. The number of hydrogen-bond donors (Lipinski definition) is 1. The fraction of sp³-hybridized carbons (Fsp3) is 0.625. The molecule has 0 heterocycles. The van der Waals surface area contributed by atoms with Crippen molar-refractivity contribution >= 4 is 0 Å². The van der Waals surface area contributed by atoms with E-state index in [2.05, 4.69) is 31.3 Å². The van der Waals surface area contributed by atoms with Crippen LogP contribution in [-0.2, 0) is 6.54 Å². The van der Waals surface area contributed by atoms with Crippen molar-refractivity contribution in [3.63, 3.8) is 0 Å². The molecule has 1 fully saturated rings. The zero-order chi connectivity index (χ0) is 13.0. The smallest absolute Gasteiger partial charge is 0.123 e. The Kier molecular flexibility index (Phi) is 4.65. The zero-order valence-electron chi connectivity index (χ0n) is 11.8. The molecule has 1 aromatic rings. The van der Waals surface area contributed by atoms with E-state index < -0.39 is 0 Å². The Labute approximate surface area is 111 Å². The van der Waals surface area contributed by atoms with Crippen LogP contribution in [0, 0.1) is 11.8 Å². The fourth-order valence-electron chi connectivity index (χ4n) is 2.96. The molecular formula is C16H25NO. The molecule has 0 aliphatic heterocycles. The first-order valence-corrected chi connectivity index (χ1v) is 7.07. The summed E-state index contributed by atoms with van der Waals surface area (Å²) in [5.74, 6) is 2.60. The summed E-state index contributed by atoms with van der Waals surface area (Å²) in [7, 11) is 1.74. The Morgan fingerprint density at radius 3 is 2.78 bits per heavy atom. The Hall–Kier alpha value is -1.02. The van der Waals surface area contributed by atoms with Gasteiger partial charge in [-0.25, -0.2) is 0 Å². The predicted octanol–water partition coefficient (Wildman–Crippen LogP) is 3.61. The molecule has 2 nitrogen and oxygen atoms in total. The van der Waals surface area contributed by atoms with E-state index in [-0.39, 0.29) is 0 Å². The van der Waals surface area contributed by atoms with Crippen molar-refractivity contribution < 1.29 is 4.74 Å². The van der Waals surface area contributed by atoms with Crippen LogP contribution >= 0.6 is 0 Å². The van der Waals surface area contributed by atoms with Crippen molar-refractivity contribution in [2.45, 2.75) is 45.7 Å². The van der Waals surface area contributed by atoms with E-state index >= 15 is 0 Å². The van der Waals surface area contributed by atoms with Crippen LogP contribution in [0.3, 0.4) is 0 Å². The lowest BCUT2D eigenvalue weighted by atomic mass is 9.78. The molecule has 18 heavy (non-hydrogen) atoms. The maximum Gasteiger partial charge on any atom is 0.123 e. The Morgan fingerprint density at radius 2 is 2.00 bits per heavy atom. The molecule has 0 bridgehead atoms. The van der Waals surface area contributed by atoms with Crippen LogP contribution in [-0.4, -0.2) is 13.2 Å². The van der Waals surface area contributed by atoms with Crippen molar-refractivity contribution in [3.8, 4) is 5.75 Å². The Bertz CT molecular complexity index is 377. The van der Waals surface area contributed by atoms with Gasteiger partial charge in [0.15, 0.2) is 0 Å². The van der Waals surface area contributed by atoms with Crippen molar-refractivity contribution in [1.82, 2.24) is 5.32 Å². The van der Waals surface area contributed by atoms with Crippen LogP contribution in [0.25, 0.3) is 0 Å². The van der Waals surface area contributed by atoms with Gasteiger partial charge in [0.2, 0.25) is 0 Å². The van der Waals surface area contributed by atoms with E-state index in [4.69, 9.17) is 4.74 Å². The van der Waals surface area contributed by atoms with Crippen molar-refractivity contribution in [2.75, 3.05) is 7.11 Å². The van der Waals surface area contributed by atoms with E-state index in [1.165, 1.54) is 24.8 Å². The molecule has 0 unspecified atom stereocenters. The second-order valence-electron chi connectivity index (χ2n) is 5.57. The summed E-state index contributed by atoms with van der Waals surface area (Å²) < 4.78 is 5.39. The second kappa shape index (κ2) is 6.24. The standard InChI is InChI=1S/C16H25NO/c1-12-7-6-9-15(13(12)2)17-11-14-8-4-5-10-16(14)18-3/h4-5,8,10,12-13,15,17H,6-7,9,11H2,1-3H3/t12-,13-,15+/m1/s1. The first kappa shape index (κ1) is 13.4. The molecule has 0 aromatic heterocycles. The molecule has 0 spiro atoms. The maximum atomic E-state index is 5.39. The summed E-state index contributed by atoms with van der Waals surface area (Å²) >= 11 is 0. The average Bonchev–Trinajstić information content (AvgIpc) is 2.41. The average molecular weight is 247 g/mol. The van der Waals surface area contributed by atoms with Crippen LogP contribution in [0.5, 0.6) is 5.75 Å². The normalized spacial score (nSPS) is 28.1. The SMILES string of the molecule is COc1ccccc1CN[C@H]1CCC[C@@H](C)[C@H]1C. The number of para-hydroxylation sites is 1. The predicted molar refractivity (Wildman–Crippen MR) is 75.8 cm³/mol. The lowest BCUT2D eigenvalue weighted by Crippen LogP contribution is -2.40. The van der Waals surface area contributed by atoms with E-state index in [9.17, 15) is 0 Å². The first-order valence-electron chi connectivity index (χ1n) is 7.07. The summed E-state index contributed by atoms with van der Waals surface area (Å²) in [5, 5.41) is 3.71. The molecular weight excluding hydrogens is 222 g/mol. The van der Waals surface area contributed by atoms with E-state index in [0.29, 0.717) is 6.04 Å².